The third-order valence-corrected chi connectivity index (χ3v) is 3.73. The van der Waals surface area contributed by atoms with Gasteiger partial charge >= 0.3 is 6.03 Å². The second-order valence-corrected chi connectivity index (χ2v) is 5.52. The van der Waals surface area contributed by atoms with E-state index in [9.17, 15) is 4.79 Å². The number of nitrogens with one attached hydrogen (secondary N) is 2. The highest BCUT2D eigenvalue weighted by atomic mass is 79.9. The minimum absolute atomic E-state index is 0.237. The fourth-order valence-corrected chi connectivity index (χ4v) is 2.43. The van der Waals surface area contributed by atoms with Crippen molar-refractivity contribution >= 4 is 39.2 Å². The Bertz CT molecular complexity index is 604. The number of carbonyl (C=O) groups is 1. The average Bonchev–Trinajstić information content (AvgIpc) is 2.41. The molecule has 0 spiro atoms. The molecule has 0 heterocycles. The van der Waals surface area contributed by atoms with Crippen LogP contribution in [-0.4, -0.2) is 12.6 Å². The van der Waals surface area contributed by atoms with Crippen LogP contribution in [0, 0.1) is 0 Å². The summed E-state index contributed by atoms with van der Waals surface area (Å²) in [5, 5.41) is 6.14. The van der Waals surface area contributed by atoms with Crippen molar-refractivity contribution in [3.05, 3.63) is 63.6 Å². The van der Waals surface area contributed by atoms with Crippen LogP contribution < -0.4 is 10.6 Å². The Morgan fingerprint density at radius 3 is 2.70 bits per heavy atom. The van der Waals surface area contributed by atoms with Crippen LogP contribution in [0.4, 0.5) is 10.5 Å². The summed E-state index contributed by atoms with van der Waals surface area (Å²) in [6.45, 7) is 0.564. The molecule has 0 atom stereocenters. The molecule has 0 fully saturated rings. The lowest BCUT2D eigenvalue weighted by Crippen LogP contribution is -2.30. The van der Waals surface area contributed by atoms with Crippen molar-refractivity contribution in [1.29, 1.82) is 0 Å². The number of benzene rings is 2. The molecular weight excluding hydrogens is 340 g/mol. The lowest BCUT2D eigenvalue weighted by atomic mass is 10.1. The smallest absolute Gasteiger partial charge is 0.319 e. The molecule has 3 nitrogen and oxygen atoms in total. The van der Waals surface area contributed by atoms with Crippen LogP contribution in [0.15, 0.2) is 53.0 Å². The van der Waals surface area contributed by atoms with Gasteiger partial charge in [0, 0.05) is 21.7 Å². The fourth-order valence-electron chi connectivity index (χ4n) is 1.75. The number of carbonyl (C=O) groups excluding carboxylic acids is 1. The zero-order chi connectivity index (χ0) is 14.4. The van der Waals surface area contributed by atoms with E-state index in [1.165, 1.54) is 0 Å². The molecule has 0 radical (unpaired) electrons. The number of hydrogen-bond acceptors (Lipinski definition) is 1. The molecular formula is C15H14BrClN2O. The van der Waals surface area contributed by atoms with Gasteiger partial charge in [0.15, 0.2) is 0 Å². The molecule has 2 amide bonds. The summed E-state index contributed by atoms with van der Waals surface area (Å²) in [7, 11) is 0. The number of halogens is 2. The maximum atomic E-state index is 11.7. The average molecular weight is 354 g/mol. The van der Waals surface area contributed by atoms with E-state index in [4.69, 9.17) is 11.6 Å². The predicted molar refractivity (Wildman–Crippen MR) is 86.3 cm³/mol. The summed E-state index contributed by atoms with van der Waals surface area (Å²) in [4.78, 5) is 11.7. The van der Waals surface area contributed by atoms with Crippen molar-refractivity contribution in [3.63, 3.8) is 0 Å². The number of anilines is 1. The largest absolute Gasteiger partial charge is 0.338 e. The van der Waals surface area contributed by atoms with Crippen LogP contribution in [0.3, 0.4) is 0 Å². The summed E-state index contributed by atoms with van der Waals surface area (Å²) in [5.74, 6) is 0. The Morgan fingerprint density at radius 1 is 1.15 bits per heavy atom. The summed E-state index contributed by atoms with van der Waals surface area (Å²) < 4.78 is 1.05. The molecule has 2 rings (SSSR count). The van der Waals surface area contributed by atoms with Crippen LogP contribution >= 0.6 is 27.5 Å². The molecule has 0 bridgehead atoms. The molecule has 2 N–H and O–H groups in total. The Kier molecular flexibility index (Phi) is 5.44. The van der Waals surface area contributed by atoms with Gasteiger partial charge in [-0.3, -0.25) is 0 Å². The van der Waals surface area contributed by atoms with E-state index in [-0.39, 0.29) is 6.03 Å². The normalized spacial score (nSPS) is 10.1. The Labute approximate surface area is 131 Å². The van der Waals surface area contributed by atoms with Gasteiger partial charge in [0.25, 0.3) is 0 Å². The Balaban J connectivity index is 1.80. The van der Waals surface area contributed by atoms with Crippen LogP contribution in [0.25, 0.3) is 0 Å². The first-order valence-electron chi connectivity index (χ1n) is 6.19. The zero-order valence-corrected chi connectivity index (χ0v) is 13.0. The minimum Gasteiger partial charge on any atom is -0.338 e. The molecule has 104 valence electrons. The van der Waals surface area contributed by atoms with Crippen molar-refractivity contribution in [2.45, 2.75) is 6.42 Å². The maximum Gasteiger partial charge on any atom is 0.319 e. The molecule has 0 aliphatic heterocycles. The Morgan fingerprint density at radius 2 is 1.95 bits per heavy atom. The van der Waals surface area contributed by atoms with E-state index >= 15 is 0 Å². The van der Waals surface area contributed by atoms with E-state index in [0.29, 0.717) is 17.3 Å². The van der Waals surface area contributed by atoms with Gasteiger partial charge in [0.1, 0.15) is 0 Å². The van der Waals surface area contributed by atoms with Crippen molar-refractivity contribution in [1.82, 2.24) is 5.32 Å². The van der Waals surface area contributed by atoms with Crippen LogP contribution in [0.1, 0.15) is 5.56 Å². The maximum absolute atomic E-state index is 11.7. The minimum atomic E-state index is -0.237. The Hall–Kier alpha value is -1.52. The van der Waals surface area contributed by atoms with Crippen LogP contribution in [0.5, 0.6) is 0 Å². The standard InChI is InChI=1S/C15H14BrClN2O/c16-14-7-2-1-4-11(14)8-9-18-15(20)19-13-6-3-5-12(17)10-13/h1-7,10H,8-9H2,(H2,18,19,20). The monoisotopic (exact) mass is 352 g/mol. The van der Waals surface area contributed by atoms with E-state index in [2.05, 4.69) is 26.6 Å². The summed E-state index contributed by atoms with van der Waals surface area (Å²) in [6.07, 6.45) is 0.768. The summed E-state index contributed by atoms with van der Waals surface area (Å²) in [5.41, 5.74) is 1.84. The van der Waals surface area contributed by atoms with Crippen molar-refractivity contribution in [2.75, 3.05) is 11.9 Å². The molecule has 0 saturated carbocycles. The van der Waals surface area contributed by atoms with Crippen LogP contribution in [-0.2, 0) is 6.42 Å². The first-order valence-corrected chi connectivity index (χ1v) is 7.36. The van der Waals surface area contributed by atoms with E-state index in [1.807, 2.05) is 24.3 Å². The third kappa shape index (κ3) is 4.54. The second kappa shape index (κ2) is 7.31. The molecule has 0 aromatic heterocycles. The van der Waals surface area contributed by atoms with Gasteiger partial charge in [-0.25, -0.2) is 4.79 Å². The highest BCUT2D eigenvalue weighted by Crippen LogP contribution is 2.16. The molecule has 2 aromatic rings. The lowest BCUT2D eigenvalue weighted by molar-refractivity contribution is 0.252. The van der Waals surface area contributed by atoms with Gasteiger partial charge in [-0.15, -0.1) is 0 Å². The SMILES string of the molecule is O=C(NCCc1ccccc1Br)Nc1cccc(Cl)c1. The lowest BCUT2D eigenvalue weighted by Gasteiger charge is -2.08. The molecule has 0 unspecified atom stereocenters. The number of rotatable bonds is 4. The van der Waals surface area contributed by atoms with Crippen LogP contribution in [0.2, 0.25) is 5.02 Å². The molecule has 0 aliphatic rings. The van der Waals surface area contributed by atoms with E-state index < -0.39 is 0 Å². The number of urea groups is 1. The quantitative estimate of drug-likeness (QED) is 0.837. The van der Waals surface area contributed by atoms with Gasteiger partial charge < -0.3 is 10.6 Å². The van der Waals surface area contributed by atoms with Crippen molar-refractivity contribution in [3.8, 4) is 0 Å². The van der Waals surface area contributed by atoms with Gasteiger partial charge in [-0.05, 0) is 36.2 Å². The molecule has 0 aliphatic carbocycles. The molecule has 20 heavy (non-hydrogen) atoms. The van der Waals surface area contributed by atoms with Gasteiger partial charge in [-0.2, -0.15) is 0 Å². The first-order chi connectivity index (χ1) is 9.65. The van der Waals surface area contributed by atoms with Gasteiger partial charge in [0.2, 0.25) is 0 Å². The van der Waals surface area contributed by atoms with Gasteiger partial charge in [-0.1, -0.05) is 51.8 Å². The van der Waals surface area contributed by atoms with Gasteiger partial charge in [0.05, 0.1) is 0 Å². The van der Waals surface area contributed by atoms with E-state index in [0.717, 1.165) is 16.5 Å². The summed E-state index contributed by atoms with van der Waals surface area (Å²) >= 11 is 9.34. The zero-order valence-electron chi connectivity index (χ0n) is 10.7. The number of amides is 2. The molecule has 0 saturated heterocycles. The van der Waals surface area contributed by atoms with E-state index in [1.54, 1.807) is 24.3 Å². The second-order valence-electron chi connectivity index (χ2n) is 4.23. The third-order valence-electron chi connectivity index (χ3n) is 2.72. The highest BCUT2D eigenvalue weighted by molar-refractivity contribution is 9.10. The van der Waals surface area contributed by atoms with Crippen molar-refractivity contribution in [2.24, 2.45) is 0 Å². The molecule has 5 heteroatoms. The highest BCUT2D eigenvalue weighted by Gasteiger charge is 2.03. The predicted octanol–water partition coefficient (Wildman–Crippen LogP) is 4.47. The number of hydrogen-bond donors (Lipinski definition) is 2. The van der Waals surface area contributed by atoms with Crippen molar-refractivity contribution < 1.29 is 4.79 Å². The first kappa shape index (κ1) is 14.9. The summed E-state index contributed by atoms with van der Waals surface area (Å²) in [6, 6.07) is 14.8. The fraction of sp³-hybridized carbons (Fsp3) is 0.133. The topological polar surface area (TPSA) is 41.1 Å². The molecule has 2 aromatic carbocycles.